The average molecular weight is 350 g/mol. The van der Waals surface area contributed by atoms with Gasteiger partial charge in [-0.1, -0.05) is 12.1 Å². The number of carbonyl (C=O) groups excluding carboxylic acids is 1. The predicted octanol–water partition coefficient (Wildman–Crippen LogP) is 2.16. The number of nitrogens with zero attached hydrogens (tertiary/aromatic N) is 1. The van der Waals surface area contributed by atoms with Gasteiger partial charge in [0.2, 0.25) is 5.91 Å². The van der Waals surface area contributed by atoms with Crippen LogP contribution >= 0.6 is 24.8 Å². The maximum atomic E-state index is 12.2. The Kier molecular flexibility index (Phi) is 9.98. The van der Waals surface area contributed by atoms with Crippen LogP contribution in [0.2, 0.25) is 0 Å². The molecule has 126 valence electrons. The number of methoxy groups -OCH3 is 1. The molecule has 1 aromatic carbocycles. The molecule has 5 nitrogen and oxygen atoms in total. The highest BCUT2D eigenvalue weighted by atomic mass is 35.5. The second-order valence-electron chi connectivity index (χ2n) is 5.00. The number of halogens is 2. The van der Waals surface area contributed by atoms with E-state index in [1.165, 1.54) is 0 Å². The Hall–Kier alpha value is -1.17. The van der Waals surface area contributed by atoms with Crippen LogP contribution in [0.1, 0.15) is 12.8 Å². The largest absolute Gasteiger partial charge is 0.495 e. The molecule has 2 rings (SSSR count). The van der Waals surface area contributed by atoms with E-state index in [4.69, 9.17) is 4.74 Å². The summed E-state index contributed by atoms with van der Waals surface area (Å²) < 4.78 is 5.26. The number of hydrogen-bond acceptors (Lipinski definition) is 4. The van der Waals surface area contributed by atoms with Gasteiger partial charge in [0.25, 0.3) is 0 Å². The normalized spacial score (nSPS) is 14.5. The zero-order chi connectivity index (χ0) is 14.4. The maximum absolute atomic E-state index is 12.2. The molecule has 0 aliphatic carbocycles. The van der Waals surface area contributed by atoms with E-state index in [0.29, 0.717) is 12.6 Å². The van der Waals surface area contributed by atoms with E-state index in [9.17, 15) is 4.79 Å². The van der Waals surface area contributed by atoms with Crippen LogP contribution < -0.4 is 15.4 Å². The number of para-hydroxylation sites is 2. The fourth-order valence-corrected chi connectivity index (χ4v) is 2.49. The fourth-order valence-electron chi connectivity index (χ4n) is 2.49. The highest BCUT2D eigenvalue weighted by molar-refractivity contribution is 5.85. The zero-order valence-corrected chi connectivity index (χ0v) is 14.6. The van der Waals surface area contributed by atoms with Gasteiger partial charge in [-0.05, 0) is 32.0 Å². The van der Waals surface area contributed by atoms with Gasteiger partial charge in [0, 0.05) is 19.1 Å². The predicted molar refractivity (Wildman–Crippen MR) is 94.6 cm³/mol. The number of piperidine rings is 1. The van der Waals surface area contributed by atoms with E-state index in [0.717, 1.165) is 37.4 Å². The van der Waals surface area contributed by atoms with E-state index in [2.05, 4.69) is 10.6 Å². The highest BCUT2D eigenvalue weighted by Gasteiger charge is 2.21. The Balaban J connectivity index is 0.00000220. The molecule has 0 unspecified atom stereocenters. The first-order valence-corrected chi connectivity index (χ1v) is 7.06. The minimum Gasteiger partial charge on any atom is -0.495 e. The molecular formula is C15H25Cl2N3O2. The van der Waals surface area contributed by atoms with Gasteiger partial charge in [-0.3, -0.25) is 4.79 Å². The third kappa shape index (κ3) is 5.55. The molecule has 22 heavy (non-hydrogen) atoms. The number of hydrogen-bond donors (Lipinski definition) is 2. The number of amides is 1. The zero-order valence-electron chi connectivity index (χ0n) is 13.0. The summed E-state index contributed by atoms with van der Waals surface area (Å²) in [6, 6.07) is 8.17. The van der Waals surface area contributed by atoms with Crippen LogP contribution in [0.4, 0.5) is 5.69 Å². The summed E-state index contributed by atoms with van der Waals surface area (Å²) in [6.07, 6.45) is 2.05. The molecule has 7 heteroatoms. The molecule has 0 radical (unpaired) electrons. The van der Waals surface area contributed by atoms with Crippen LogP contribution in [-0.4, -0.2) is 50.6 Å². The number of likely N-dealkylation sites (tertiary alicyclic amines) is 1. The van der Waals surface area contributed by atoms with Crippen molar-refractivity contribution in [3.8, 4) is 5.75 Å². The SMILES string of the molecule is CNC1CCN(C(=O)CNc2ccccc2OC)CC1.Cl.Cl. The topological polar surface area (TPSA) is 53.6 Å². The molecule has 1 fully saturated rings. The van der Waals surface area contributed by atoms with Crippen molar-refractivity contribution in [2.45, 2.75) is 18.9 Å². The van der Waals surface area contributed by atoms with Crippen molar-refractivity contribution in [2.24, 2.45) is 0 Å². The van der Waals surface area contributed by atoms with Crippen LogP contribution in [0.15, 0.2) is 24.3 Å². The maximum Gasteiger partial charge on any atom is 0.241 e. The molecule has 1 aromatic rings. The first-order chi connectivity index (χ1) is 9.74. The number of ether oxygens (including phenoxy) is 1. The minimum atomic E-state index is 0. The fraction of sp³-hybridized carbons (Fsp3) is 0.533. The summed E-state index contributed by atoms with van der Waals surface area (Å²) in [6.45, 7) is 1.97. The molecule has 1 amide bonds. The second kappa shape index (κ2) is 10.5. The standard InChI is InChI=1S/C15H23N3O2.2ClH/c1-16-12-7-9-18(10-8-12)15(19)11-17-13-5-3-4-6-14(13)20-2;;/h3-6,12,16-17H,7-11H2,1-2H3;2*1H. The molecule has 0 saturated carbocycles. The van der Waals surface area contributed by atoms with Crippen LogP contribution in [0.5, 0.6) is 5.75 Å². The van der Waals surface area contributed by atoms with Gasteiger partial charge in [-0.2, -0.15) is 0 Å². The summed E-state index contributed by atoms with van der Waals surface area (Å²) in [5.74, 6) is 0.902. The van der Waals surface area contributed by atoms with E-state index in [1.54, 1.807) is 7.11 Å². The Morgan fingerprint density at radius 1 is 1.27 bits per heavy atom. The molecule has 1 aliphatic heterocycles. The van der Waals surface area contributed by atoms with Gasteiger partial charge in [0.15, 0.2) is 0 Å². The first kappa shape index (κ1) is 20.8. The van der Waals surface area contributed by atoms with Gasteiger partial charge >= 0.3 is 0 Å². The molecule has 0 aromatic heterocycles. The van der Waals surface area contributed by atoms with E-state index in [-0.39, 0.29) is 30.7 Å². The van der Waals surface area contributed by atoms with Crippen molar-refractivity contribution >= 4 is 36.4 Å². The molecule has 0 atom stereocenters. The number of nitrogens with one attached hydrogen (secondary N) is 2. The summed E-state index contributed by atoms with van der Waals surface area (Å²) in [5.41, 5.74) is 0.855. The summed E-state index contributed by atoms with van der Waals surface area (Å²) in [5, 5.41) is 6.42. The summed E-state index contributed by atoms with van der Waals surface area (Å²) >= 11 is 0. The Morgan fingerprint density at radius 3 is 2.50 bits per heavy atom. The average Bonchev–Trinajstić information content (AvgIpc) is 2.53. The summed E-state index contributed by atoms with van der Waals surface area (Å²) in [7, 11) is 3.61. The van der Waals surface area contributed by atoms with E-state index < -0.39 is 0 Å². The van der Waals surface area contributed by atoms with Crippen LogP contribution in [-0.2, 0) is 4.79 Å². The molecule has 1 aliphatic rings. The van der Waals surface area contributed by atoms with Gasteiger partial charge in [-0.15, -0.1) is 24.8 Å². The smallest absolute Gasteiger partial charge is 0.241 e. The molecular weight excluding hydrogens is 325 g/mol. The third-order valence-electron chi connectivity index (χ3n) is 3.79. The van der Waals surface area contributed by atoms with Crippen molar-refractivity contribution in [1.82, 2.24) is 10.2 Å². The number of carbonyl (C=O) groups is 1. The number of rotatable bonds is 5. The van der Waals surface area contributed by atoms with E-state index >= 15 is 0 Å². The number of benzene rings is 1. The molecule has 2 N–H and O–H groups in total. The monoisotopic (exact) mass is 349 g/mol. The van der Waals surface area contributed by atoms with Crippen molar-refractivity contribution in [3.63, 3.8) is 0 Å². The van der Waals surface area contributed by atoms with Crippen molar-refractivity contribution in [1.29, 1.82) is 0 Å². The molecule has 1 heterocycles. The van der Waals surface area contributed by atoms with Crippen LogP contribution in [0.25, 0.3) is 0 Å². The van der Waals surface area contributed by atoms with Gasteiger partial charge < -0.3 is 20.3 Å². The molecule has 0 bridgehead atoms. The van der Waals surface area contributed by atoms with Gasteiger partial charge in [0.05, 0.1) is 19.3 Å². The Labute approximate surface area is 144 Å². The first-order valence-electron chi connectivity index (χ1n) is 7.06. The lowest BCUT2D eigenvalue weighted by Gasteiger charge is -2.32. The van der Waals surface area contributed by atoms with Crippen molar-refractivity contribution < 1.29 is 9.53 Å². The lowest BCUT2D eigenvalue weighted by atomic mass is 10.1. The lowest BCUT2D eigenvalue weighted by Crippen LogP contribution is -2.45. The van der Waals surface area contributed by atoms with Crippen molar-refractivity contribution in [2.75, 3.05) is 39.1 Å². The van der Waals surface area contributed by atoms with Crippen LogP contribution in [0.3, 0.4) is 0 Å². The second-order valence-corrected chi connectivity index (χ2v) is 5.00. The highest BCUT2D eigenvalue weighted by Crippen LogP contribution is 2.22. The quantitative estimate of drug-likeness (QED) is 0.855. The third-order valence-corrected chi connectivity index (χ3v) is 3.79. The van der Waals surface area contributed by atoms with Crippen LogP contribution in [0, 0.1) is 0 Å². The Morgan fingerprint density at radius 2 is 1.91 bits per heavy atom. The Bertz CT molecular complexity index is 452. The van der Waals surface area contributed by atoms with Gasteiger partial charge in [-0.25, -0.2) is 0 Å². The number of anilines is 1. The minimum absolute atomic E-state index is 0. The van der Waals surface area contributed by atoms with E-state index in [1.807, 2.05) is 36.2 Å². The van der Waals surface area contributed by atoms with Gasteiger partial charge in [0.1, 0.15) is 5.75 Å². The molecule has 0 spiro atoms. The lowest BCUT2D eigenvalue weighted by molar-refractivity contribution is -0.130. The summed E-state index contributed by atoms with van der Waals surface area (Å²) in [4.78, 5) is 14.1. The van der Waals surface area contributed by atoms with Crippen molar-refractivity contribution in [3.05, 3.63) is 24.3 Å². The molecule has 1 saturated heterocycles.